The molecule has 4 aromatic rings. The molecule has 1 heterocycles. The van der Waals surface area contributed by atoms with Crippen molar-refractivity contribution in [3.63, 3.8) is 0 Å². The van der Waals surface area contributed by atoms with Gasteiger partial charge in [-0.15, -0.1) is 0 Å². The van der Waals surface area contributed by atoms with Crippen molar-refractivity contribution in [1.29, 1.82) is 0 Å². The minimum atomic E-state index is -3.62. The van der Waals surface area contributed by atoms with Crippen LogP contribution in [0.15, 0.2) is 100 Å². The van der Waals surface area contributed by atoms with Crippen LogP contribution in [0.5, 0.6) is 0 Å². The van der Waals surface area contributed by atoms with Crippen LogP contribution in [0.25, 0.3) is 22.6 Å². The summed E-state index contributed by atoms with van der Waals surface area (Å²) in [5.74, 6) is 0.749. The maximum absolute atomic E-state index is 13.0. The van der Waals surface area contributed by atoms with Crippen molar-refractivity contribution < 1.29 is 12.8 Å². The summed E-state index contributed by atoms with van der Waals surface area (Å²) in [6.45, 7) is 1.61. The molecular formula is C23H19NO3S. The largest absolute Gasteiger partial charge is 0.439 e. The molecule has 1 aromatic heterocycles. The Kier molecular flexibility index (Phi) is 4.84. The maximum Gasteiger partial charge on any atom is 0.213 e. The van der Waals surface area contributed by atoms with Crippen molar-refractivity contribution in [2.45, 2.75) is 17.1 Å². The van der Waals surface area contributed by atoms with Crippen LogP contribution in [0.2, 0.25) is 0 Å². The first-order chi connectivity index (χ1) is 13.6. The van der Waals surface area contributed by atoms with Crippen LogP contribution in [0, 0.1) is 0 Å². The molecule has 5 heteroatoms. The highest BCUT2D eigenvalue weighted by Crippen LogP contribution is 2.37. The smallest absolute Gasteiger partial charge is 0.213 e. The lowest BCUT2D eigenvalue weighted by Gasteiger charge is -2.09. The fourth-order valence-electron chi connectivity index (χ4n) is 3.03. The molecule has 0 aliphatic carbocycles. The molecule has 1 atom stereocenters. The van der Waals surface area contributed by atoms with Crippen LogP contribution in [-0.4, -0.2) is 13.4 Å². The SMILES string of the molecule is CC(c1nc(-c2ccccc2)c(-c2ccccc2)o1)S(=O)(=O)c1ccccc1. The Bertz CT molecular complexity index is 1110. The van der Waals surface area contributed by atoms with Gasteiger partial charge in [0.05, 0.1) is 4.90 Å². The molecule has 0 N–H and O–H groups in total. The second-order valence-corrected chi connectivity index (χ2v) is 8.73. The van der Waals surface area contributed by atoms with Crippen molar-refractivity contribution in [3.05, 3.63) is 96.9 Å². The molecule has 0 aliphatic heterocycles. The van der Waals surface area contributed by atoms with E-state index in [0.29, 0.717) is 11.5 Å². The second kappa shape index (κ2) is 7.44. The molecular weight excluding hydrogens is 370 g/mol. The van der Waals surface area contributed by atoms with E-state index in [2.05, 4.69) is 4.98 Å². The molecule has 0 aliphatic rings. The number of hydrogen-bond donors (Lipinski definition) is 0. The first kappa shape index (κ1) is 18.2. The van der Waals surface area contributed by atoms with Gasteiger partial charge in [-0.3, -0.25) is 0 Å². The molecule has 28 heavy (non-hydrogen) atoms. The third kappa shape index (κ3) is 3.37. The van der Waals surface area contributed by atoms with Crippen LogP contribution in [-0.2, 0) is 9.84 Å². The Morgan fingerprint density at radius 3 is 1.82 bits per heavy atom. The zero-order valence-electron chi connectivity index (χ0n) is 15.3. The zero-order valence-corrected chi connectivity index (χ0v) is 16.1. The molecule has 0 spiro atoms. The average Bonchev–Trinajstić information content (AvgIpc) is 3.20. The third-order valence-electron chi connectivity index (χ3n) is 4.61. The molecule has 0 amide bonds. The molecule has 0 fully saturated rings. The molecule has 0 saturated heterocycles. The number of rotatable bonds is 5. The summed E-state index contributed by atoms with van der Waals surface area (Å²) >= 11 is 0. The van der Waals surface area contributed by atoms with Gasteiger partial charge in [-0.2, -0.15) is 0 Å². The normalized spacial score (nSPS) is 12.6. The standard InChI is InChI=1S/C23H19NO3S/c1-17(28(25,26)20-15-9-4-10-16-20)23-24-21(18-11-5-2-6-12-18)22(27-23)19-13-7-3-8-14-19/h2-17H,1H3. The van der Waals surface area contributed by atoms with E-state index in [-0.39, 0.29) is 10.8 Å². The number of sulfone groups is 1. The Labute approximate surface area is 164 Å². The molecule has 4 rings (SSSR count). The zero-order chi connectivity index (χ0) is 19.6. The molecule has 0 saturated carbocycles. The summed E-state index contributed by atoms with van der Waals surface area (Å²) in [5, 5.41) is -0.908. The highest BCUT2D eigenvalue weighted by molar-refractivity contribution is 7.91. The van der Waals surface area contributed by atoms with Crippen LogP contribution >= 0.6 is 0 Å². The Morgan fingerprint density at radius 2 is 1.25 bits per heavy atom. The summed E-state index contributed by atoms with van der Waals surface area (Å²) in [6, 6.07) is 27.6. The first-order valence-corrected chi connectivity index (χ1v) is 10.5. The molecule has 140 valence electrons. The van der Waals surface area contributed by atoms with Crippen LogP contribution in [0.3, 0.4) is 0 Å². The predicted molar refractivity (Wildman–Crippen MR) is 109 cm³/mol. The number of oxazole rings is 1. The van der Waals surface area contributed by atoms with Crippen molar-refractivity contribution in [1.82, 2.24) is 4.98 Å². The first-order valence-electron chi connectivity index (χ1n) is 8.98. The van der Waals surface area contributed by atoms with E-state index in [9.17, 15) is 8.42 Å². The van der Waals surface area contributed by atoms with Gasteiger partial charge in [0.15, 0.2) is 15.6 Å². The quantitative estimate of drug-likeness (QED) is 0.449. The van der Waals surface area contributed by atoms with Gasteiger partial charge in [0.1, 0.15) is 10.9 Å². The molecule has 3 aromatic carbocycles. The Morgan fingerprint density at radius 1 is 0.750 bits per heavy atom. The monoisotopic (exact) mass is 389 g/mol. The molecule has 0 bridgehead atoms. The van der Waals surface area contributed by atoms with Gasteiger partial charge in [-0.1, -0.05) is 78.9 Å². The summed E-state index contributed by atoms with van der Waals surface area (Å²) in [7, 11) is -3.62. The summed E-state index contributed by atoms with van der Waals surface area (Å²) < 4.78 is 32.1. The molecule has 0 radical (unpaired) electrons. The van der Waals surface area contributed by atoms with Gasteiger partial charge in [0.25, 0.3) is 0 Å². The Balaban J connectivity index is 1.84. The minimum Gasteiger partial charge on any atom is -0.439 e. The highest BCUT2D eigenvalue weighted by atomic mass is 32.2. The van der Waals surface area contributed by atoms with Crippen molar-refractivity contribution >= 4 is 9.84 Å². The van der Waals surface area contributed by atoms with Crippen LogP contribution in [0.4, 0.5) is 0 Å². The summed E-state index contributed by atoms with van der Waals surface area (Å²) in [6.07, 6.45) is 0. The van der Waals surface area contributed by atoms with Gasteiger partial charge >= 0.3 is 0 Å². The maximum atomic E-state index is 13.0. The lowest BCUT2D eigenvalue weighted by molar-refractivity contribution is 0.495. The highest BCUT2D eigenvalue weighted by Gasteiger charge is 2.30. The van der Waals surface area contributed by atoms with E-state index in [4.69, 9.17) is 4.42 Å². The fourth-order valence-corrected chi connectivity index (χ4v) is 4.35. The summed E-state index contributed by atoms with van der Waals surface area (Å²) in [5.41, 5.74) is 2.36. The lowest BCUT2D eigenvalue weighted by atomic mass is 10.1. The van der Waals surface area contributed by atoms with Gasteiger partial charge in [-0.25, -0.2) is 13.4 Å². The van der Waals surface area contributed by atoms with Gasteiger partial charge in [0, 0.05) is 11.1 Å². The van der Waals surface area contributed by atoms with E-state index >= 15 is 0 Å². The average molecular weight is 389 g/mol. The third-order valence-corrected chi connectivity index (χ3v) is 6.67. The number of benzene rings is 3. The van der Waals surface area contributed by atoms with E-state index in [0.717, 1.165) is 11.1 Å². The van der Waals surface area contributed by atoms with Crippen molar-refractivity contribution in [3.8, 4) is 22.6 Å². The predicted octanol–water partition coefficient (Wildman–Crippen LogP) is 5.54. The van der Waals surface area contributed by atoms with Gasteiger partial charge < -0.3 is 4.42 Å². The van der Waals surface area contributed by atoms with E-state index in [1.54, 1.807) is 37.3 Å². The topological polar surface area (TPSA) is 60.2 Å². The second-order valence-electron chi connectivity index (χ2n) is 6.46. The van der Waals surface area contributed by atoms with Gasteiger partial charge in [-0.05, 0) is 19.1 Å². The summed E-state index contributed by atoms with van der Waals surface area (Å²) in [4.78, 5) is 4.86. The molecule has 1 unspecified atom stereocenters. The number of aromatic nitrogens is 1. The van der Waals surface area contributed by atoms with Crippen LogP contribution < -0.4 is 0 Å². The van der Waals surface area contributed by atoms with Crippen LogP contribution in [0.1, 0.15) is 18.1 Å². The van der Waals surface area contributed by atoms with Gasteiger partial charge in [0.2, 0.25) is 5.89 Å². The number of nitrogens with zero attached hydrogens (tertiary/aromatic N) is 1. The van der Waals surface area contributed by atoms with E-state index < -0.39 is 15.1 Å². The number of hydrogen-bond acceptors (Lipinski definition) is 4. The lowest BCUT2D eigenvalue weighted by Crippen LogP contribution is -2.11. The van der Waals surface area contributed by atoms with Crippen molar-refractivity contribution in [2.24, 2.45) is 0 Å². The Hall–Kier alpha value is -3.18. The van der Waals surface area contributed by atoms with E-state index in [1.807, 2.05) is 60.7 Å². The minimum absolute atomic E-state index is 0.182. The fraction of sp³-hybridized carbons (Fsp3) is 0.0870. The van der Waals surface area contributed by atoms with E-state index in [1.165, 1.54) is 0 Å². The molecule has 4 nitrogen and oxygen atoms in total. The van der Waals surface area contributed by atoms with Crippen molar-refractivity contribution in [2.75, 3.05) is 0 Å².